The number of amides is 1. The first-order valence-corrected chi connectivity index (χ1v) is 3.41. The van der Waals surface area contributed by atoms with Gasteiger partial charge in [-0.1, -0.05) is 0 Å². The van der Waals surface area contributed by atoms with Crippen LogP contribution in [-0.4, -0.2) is 13.5 Å². The van der Waals surface area contributed by atoms with Crippen LogP contribution in [0.3, 0.4) is 0 Å². The van der Waals surface area contributed by atoms with Crippen molar-refractivity contribution >= 4 is 23.4 Å². The minimum Gasteiger partial charge on any atom is -0.317 e. The van der Waals surface area contributed by atoms with Crippen molar-refractivity contribution in [3.05, 3.63) is 16.8 Å². The summed E-state index contributed by atoms with van der Waals surface area (Å²) < 4.78 is 0. The molecule has 0 aromatic carbocycles. The van der Waals surface area contributed by atoms with Crippen LogP contribution >= 0.6 is 11.3 Å². The highest BCUT2D eigenvalue weighted by Crippen LogP contribution is 2.13. The second-order valence-electron chi connectivity index (χ2n) is 1.62. The maximum Gasteiger partial charge on any atom is 0.213 e. The molecule has 0 saturated carbocycles. The van der Waals surface area contributed by atoms with Crippen LogP contribution in [0.2, 0.25) is 0 Å². The van der Waals surface area contributed by atoms with Gasteiger partial charge < -0.3 is 4.90 Å². The van der Waals surface area contributed by atoms with Crippen molar-refractivity contribution in [3.63, 3.8) is 0 Å². The molecule has 0 aliphatic heterocycles. The van der Waals surface area contributed by atoms with E-state index in [1.807, 2.05) is 10.8 Å². The van der Waals surface area contributed by atoms with Crippen LogP contribution in [0.5, 0.6) is 0 Å². The van der Waals surface area contributed by atoms with Gasteiger partial charge in [-0.05, 0) is 0 Å². The first-order valence-electron chi connectivity index (χ1n) is 2.46. The number of anilines is 1. The van der Waals surface area contributed by atoms with Gasteiger partial charge in [-0.15, -0.1) is 11.3 Å². The maximum atomic E-state index is 10.1. The minimum absolute atomic E-state index is 0.762. The van der Waals surface area contributed by atoms with E-state index < -0.39 is 0 Å². The van der Waals surface area contributed by atoms with Crippen molar-refractivity contribution < 1.29 is 4.79 Å². The highest BCUT2D eigenvalue weighted by atomic mass is 32.1. The zero-order valence-electron chi connectivity index (χ0n) is 5.00. The lowest BCUT2D eigenvalue weighted by Gasteiger charge is -2.04. The number of hydrogen-bond donors (Lipinski definition) is 0. The summed E-state index contributed by atoms with van der Waals surface area (Å²) in [5.74, 6) is 0. The van der Waals surface area contributed by atoms with Gasteiger partial charge in [-0.3, -0.25) is 4.79 Å². The van der Waals surface area contributed by atoms with Crippen LogP contribution in [0.1, 0.15) is 0 Å². The maximum absolute atomic E-state index is 10.1. The summed E-state index contributed by atoms with van der Waals surface area (Å²) >= 11 is 1.53. The molecule has 1 aromatic rings. The molecular formula is C6H6NOS. The molecule has 0 atom stereocenters. The van der Waals surface area contributed by atoms with E-state index in [1.54, 1.807) is 7.05 Å². The smallest absolute Gasteiger partial charge is 0.213 e. The Morgan fingerprint density at radius 1 is 1.89 bits per heavy atom. The summed E-state index contributed by atoms with van der Waals surface area (Å²) in [4.78, 5) is 11.6. The summed E-state index contributed by atoms with van der Waals surface area (Å²) in [6, 6.07) is 2.90. The van der Waals surface area contributed by atoms with Crippen molar-refractivity contribution in [2.75, 3.05) is 11.9 Å². The van der Waals surface area contributed by atoms with Crippen molar-refractivity contribution in [3.8, 4) is 0 Å². The Morgan fingerprint density at radius 2 is 2.67 bits per heavy atom. The van der Waals surface area contributed by atoms with Gasteiger partial charge in [0.2, 0.25) is 6.41 Å². The molecule has 0 saturated heterocycles. The van der Waals surface area contributed by atoms with E-state index >= 15 is 0 Å². The first-order chi connectivity index (χ1) is 4.34. The molecule has 2 nitrogen and oxygen atoms in total. The van der Waals surface area contributed by atoms with E-state index in [4.69, 9.17) is 0 Å². The van der Waals surface area contributed by atoms with Gasteiger partial charge in [-0.25, -0.2) is 0 Å². The SMILES string of the molecule is CN(C=O)c1[c]csc1. The normalized spacial score (nSPS) is 9.00. The van der Waals surface area contributed by atoms with E-state index in [0.29, 0.717) is 0 Å². The van der Waals surface area contributed by atoms with E-state index in [2.05, 4.69) is 6.07 Å². The summed E-state index contributed by atoms with van der Waals surface area (Å²) in [6.07, 6.45) is 0.762. The molecule has 0 fully saturated rings. The summed E-state index contributed by atoms with van der Waals surface area (Å²) in [6.45, 7) is 0. The van der Waals surface area contributed by atoms with Gasteiger partial charge in [0.15, 0.2) is 0 Å². The van der Waals surface area contributed by atoms with Crippen molar-refractivity contribution in [2.45, 2.75) is 0 Å². The van der Waals surface area contributed by atoms with Gasteiger partial charge >= 0.3 is 0 Å². The molecular weight excluding hydrogens is 134 g/mol. The largest absolute Gasteiger partial charge is 0.317 e. The molecule has 0 bridgehead atoms. The molecule has 47 valence electrons. The number of carbonyl (C=O) groups excluding carboxylic acids is 1. The molecule has 1 radical (unpaired) electrons. The average Bonchev–Trinajstić information content (AvgIpc) is 2.37. The Morgan fingerprint density at radius 3 is 3.11 bits per heavy atom. The highest BCUT2D eigenvalue weighted by molar-refractivity contribution is 7.08. The fourth-order valence-electron chi connectivity index (χ4n) is 0.469. The Bertz CT molecular complexity index is 183. The van der Waals surface area contributed by atoms with Gasteiger partial charge in [0.1, 0.15) is 0 Å². The Kier molecular flexibility index (Phi) is 1.85. The summed E-state index contributed by atoms with van der Waals surface area (Å²) in [7, 11) is 1.70. The van der Waals surface area contributed by atoms with Crippen LogP contribution in [0.15, 0.2) is 10.8 Å². The predicted molar refractivity (Wildman–Crippen MR) is 37.6 cm³/mol. The fraction of sp³-hybridized carbons (Fsp3) is 0.167. The molecule has 0 unspecified atom stereocenters. The highest BCUT2D eigenvalue weighted by Gasteiger charge is 1.95. The van der Waals surface area contributed by atoms with E-state index in [9.17, 15) is 4.79 Å². The summed E-state index contributed by atoms with van der Waals surface area (Å²) in [5.41, 5.74) is 0.829. The van der Waals surface area contributed by atoms with E-state index in [-0.39, 0.29) is 0 Å². The fourth-order valence-corrected chi connectivity index (χ4v) is 1.09. The standard InChI is InChI=1S/C6H6NOS/c1-7(5-8)6-2-3-9-4-6/h3-5H,1H3. The zero-order valence-corrected chi connectivity index (χ0v) is 5.81. The lowest BCUT2D eigenvalue weighted by molar-refractivity contribution is -0.107. The monoisotopic (exact) mass is 140 g/mol. The zero-order chi connectivity index (χ0) is 6.69. The molecule has 0 N–H and O–H groups in total. The molecule has 0 aliphatic carbocycles. The van der Waals surface area contributed by atoms with E-state index in [0.717, 1.165) is 12.1 Å². The number of rotatable bonds is 2. The predicted octanol–water partition coefficient (Wildman–Crippen LogP) is 1.14. The lowest BCUT2D eigenvalue weighted by Crippen LogP contribution is -2.12. The quantitative estimate of drug-likeness (QED) is 0.564. The van der Waals surface area contributed by atoms with Crippen molar-refractivity contribution in [1.29, 1.82) is 0 Å². The third-order valence-corrected chi connectivity index (χ3v) is 1.61. The van der Waals surface area contributed by atoms with Crippen LogP contribution in [0.4, 0.5) is 5.69 Å². The number of nitrogens with zero attached hydrogens (tertiary/aromatic N) is 1. The minimum atomic E-state index is 0.762. The van der Waals surface area contributed by atoms with Gasteiger partial charge in [0, 0.05) is 23.9 Å². The van der Waals surface area contributed by atoms with E-state index in [1.165, 1.54) is 16.2 Å². The molecule has 0 spiro atoms. The van der Waals surface area contributed by atoms with Crippen LogP contribution in [-0.2, 0) is 4.79 Å². The van der Waals surface area contributed by atoms with Gasteiger partial charge in [0.25, 0.3) is 0 Å². The topological polar surface area (TPSA) is 20.3 Å². The number of carbonyl (C=O) groups is 1. The third kappa shape index (κ3) is 1.29. The molecule has 1 rings (SSSR count). The second-order valence-corrected chi connectivity index (χ2v) is 2.36. The second kappa shape index (κ2) is 2.64. The lowest BCUT2D eigenvalue weighted by atomic mass is 10.5. The molecule has 1 heterocycles. The Labute approximate surface area is 57.7 Å². The van der Waals surface area contributed by atoms with Crippen molar-refractivity contribution in [1.82, 2.24) is 0 Å². The van der Waals surface area contributed by atoms with Crippen LogP contribution in [0, 0.1) is 6.07 Å². The summed E-state index contributed by atoms with van der Waals surface area (Å²) in [5, 5.41) is 3.68. The average molecular weight is 140 g/mol. The van der Waals surface area contributed by atoms with Crippen LogP contribution in [0.25, 0.3) is 0 Å². The first kappa shape index (κ1) is 6.29. The number of thiophene rings is 1. The molecule has 9 heavy (non-hydrogen) atoms. The van der Waals surface area contributed by atoms with Gasteiger partial charge in [0.05, 0.1) is 5.69 Å². The Balaban J connectivity index is 2.76. The van der Waals surface area contributed by atoms with Crippen LogP contribution < -0.4 is 4.90 Å². The van der Waals surface area contributed by atoms with Crippen molar-refractivity contribution in [2.24, 2.45) is 0 Å². The number of hydrogen-bond acceptors (Lipinski definition) is 2. The molecule has 1 aromatic heterocycles. The molecule has 3 heteroatoms. The third-order valence-electron chi connectivity index (χ3n) is 0.993. The van der Waals surface area contributed by atoms with Gasteiger partial charge in [-0.2, -0.15) is 0 Å². The molecule has 0 aliphatic rings. The Hall–Kier alpha value is -0.830. The molecule has 1 amide bonds.